The summed E-state index contributed by atoms with van der Waals surface area (Å²) < 4.78 is 5.34. The third-order valence-electron chi connectivity index (χ3n) is 3.71. The van der Waals surface area contributed by atoms with Gasteiger partial charge in [-0.3, -0.25) is 9.80 Å². The summed E-state index contributed by atoms with van der Waals surface area (Å²) in [6, 6.07) is 0.313. The molecule has 17 heavy (non-hydrogen) atoms. The lowest BCUT2D eigenvalue weighted by Gasteiger charge is -2.35. The third-order valence-corrected chi connectivity index (χ3v) is 3.71. The molecule has 2 fully saturated rings. The van der Waals surface area contributed by atoms with Crippen LogP contribution in [0.5, 0.6) is 0 Å². The number of piperazine rings is 1. The van der Waals surface area contributed by atoms with Crippen molar-refractivity contribution in [1.29, 1.82) is 0 Å². The van der Waals surface area contributed by atoms with E-state index in [4.69, 9.17) is 4.74 Å². The van der Waals surface area contributed by atoms with E-state index in [2.05, 4.69) is 15.1 Å². The van der Waals surface area contributed by atoms with Gasteiger partial charge in [0.05, 0.1) is 19.8 Å². The summed E-state index contributed by atoms with van der Waals surface area (Å²) in [5.41, 5.74) is 0. The van der Waals surface area contributed by atoms with E-state index in [0.29, 0.717) is 6.04 Å². The quantitative estimate of drug-likeness (QED) is 0.647. The maximum Gasteiger partial charge on any atom is 0.0599 e. The monoisotopic (exact) mass is 243 g/mol. The van der Waals surface area contributed by atoms with Gasteiger partial charge in [-0.05, 0) is 19.5 Å². The molecular formula is C12H25N3O2. The molecule has 2 aliphatic rings. The van der Waals surface area contributed by atoms with Crippen LogP contribution in [0.1, 0.15) is 6.42 Å². The van der Waals surface area contributed by atoms with Crippen LogP contribution in [0.3, 0.4) is 0 Å². The van der Waals surface area contributed by atoms with Crippen LogP contribution in [0.2, 0.25) is 0 Å². The standard InChI is InChI=1S/C12H25N3O2/c16-11-12-10-13-2-5-15(12)4-1-3-14-6-8-17-9-7-14/h12-13,16H,1-11H2. The molecule has 0 aromatic heterocycles. The van der Waals surface area contributed by atoms with Crippen LogP contribution in [-0.4, -0.2) is 86.6 Å². The summed E-state index contributed by atoms with van der Waals surface area (Å²) in [5.74, 6) is 0. The van der Waals surface area contributed by atoms with Crippen molar-refractivity contribution in [3.05, 3.63) is 0 Å². The van der Waals surface area contributed by atoms with Crippen molar-refractivity contribution in [3.8, 4) is 0 Å². The molecule has 0 aliphatic carbocycles. The van der Waals surface area contributed by atoms with E-state index >= 15 is 0 Å². The minimum atomic E-state index is 0.268. The first-order valence-electron chi connectivity index (χ1n) is 6.76. The number of rotatable bonds is 5. The molecule has 0 spiro atoms. The summed E-state index contributed by atoms with van der Waals surface area (Å²) in [6.45, 7) is 9.48. The third kappa shape index (κ3) is 4.19. The van der Waals surface area contributed by atoms with Gasteiger partial charge in [0.1, 0.15) is 0 Å². The summed E-state index contributed by atoms with van der Waals surface area (Å²) in [6.07, 6.45) is 1.19. The SMILES string of the molecule is OCC1CNCCN1CCCN1CCOCC1. The predicted molar refractivity (Wildman–Crippen MR) is 67.2 cm³/mol. The molecule has 1 unspecified atom stereocenters. The lowest BCUT2D eigenvalue weighted by Crippen LogP contribution is -2.53. The Hall–Kier alpha value is -0.200. The van der Waals surface area contributed by atoms with Gasteiger partial charge in [-0.1, -0.05) is 0 Å². The van der Waals surface area contributed by atoms with Crippen molar-refractivity contribution >= 4 is 0 Å². The highest BCUT2D eigenvalue weighted by Gasteiger charge is 2.20. The predicted octanol–water partition coefficient (Wildman–Crippen LogP) is -1.03. The van der Waals surface area contributed by atoms with Crippen LogP contribution in [0.4, 0.5) is 0 Å². The van der Waals surface area contributed by atoms with Gasteiger partial charge in [-0.15, -0.1) is 0 Å². The fraction of sp³-hybridized carbons (Fsp3) is 1.00. The minimum Gasteiger partial charge on any atom is -0.395 e. The summed E-state index contributed by atoms with van der Waals surface area (Å²) >= 11 is 0. The molecule has 2 N–H and O–H groups in total. The molecular weight excluding hydrogens is 218 g/mol. The summed E-state index contributed by atoms with van der Waals surface area (Å²) in [7, 11) is 0. The second-order valence-corrected chi connectivity index (χ2v) is 4.88. The molecule has 0 saturated carbocycles. The smallest absolute Gasteiger partial charge is 0.0599 e. The molecule has 0 bridgehead atoms. The zero-order chi connectivity index (χ0) is 11.9. The Bertz CT molecular complexity index is 210. The highest BCUT2D eigenvalue weighted by atomic mass is 16.5. The van der Waals surface area contributed by atoms with Crippen molar-refractivity contribution in [1.82, 2.24) is 15.1 Å². The molecule has 5 nitrogen and oxygen atoms in total. The van der Waals surface area contributed by atoms with Crippen molar-refractivity contribution < 1.29 is 9.84 Å². The summed E-state index contributed by atoms with van der Waals surface area (Å²) in [5, 5.41) is 12.6. The Morgan fingerprint density at radius 3 is 2.76 bits per heavy atom. The Kier molecular flexibility index (Phi) is 5.67. The molecule has 0 radical (unpaired) electrons. The lowest BCUT2D eigenvalue weighted by molar-refractivity contribution is 0.0336. The van der Waals surface area contributed by atoms with E-state index in [1.165, 1.54) is 6.42 Å². The van der Waals surface area contributed by atoms with Gasteiger partial charge in [0, 0.05) is 38.8 Å². The number of hydrogen-bond acceptors (Lipinski definition) is 5. The van der Waals surface area contributed by atoms with E-state index in [0.717, 1.165) is 59.0 Å². The Morgan fingerprint density at radius 2 is 2.00 bits per heavy atom. The van der Waals surface area contributed by atoms with Gasteiger partial charge < -0.3 is 15.2 Å². The van der Waals surface area contributed by atoms with Gasteiger partial charge in [0.2, 0.25) is 0 Å². The number of aliphatic hydroxyl groups excluding tert-OH is 1. The summed E-state index contributed by atoms with van der Waals surface area (Å²) in [4.78, 5) is 4.89. The number of nitrogens with one attached hydrogen (secondary N) is 1. The number of nitrogens with zero attached hydrogens (tertiary/aromatic N) is 2. The van der Waals surface area contributed by atoms with Gasteiger partial charge in [-0.25, -0.2) is 0 Å². The van der Waals surface area contributed by atoms with Gasteiger partial charge in [0.15, 0.2) is 0 Å². The molecule has 2 heterocycles. The highest BCUT2D eigenvalue weighted by Crippen LogP contribution is 2.05. The minimum absolute atomic E-state index is 0.268. The molecule has 0 aromatic carbocycles. The van der Waals surface area contributed by atoms with Gasteiger partial charge in [0.25, 0.3) is 0 Å². The Morgan fingerprint density at radius 1 is 1.18 bits per heavy atom. The molecule has 100 valence electrons. The van der Waals surface area contributed by atoms with Gasteiger partial charge >= 0.3 is 0 Å². The first-order chi connectivity index (χ1) is 8.40. The van der Waals surface area contributed by atoms with Crippen molar-refractivity contribution in [3.63, 3.8) is 0 Å². The van der Waals surface area contributed by atoms with Crippen LogP contribution in [-0.2, 0) is 4.74 Å². The molecule has 0 amide bonds. The van der Waals surface area contributed by atoms with E-state index < -0.39 is 0 Å². The van der Waals surface area contributed by atoms with Crippen molar-refractivity contribution in [2.24, 2.45) is 0 Å². The molecule has 2 aliphatic heterocycles. The van der Waals surface area contributed by atoms with Crippen LogP contribution < -0.4 is 5.32 Å². The van der Waals surface area contributed by atoms with Crippen molar-refractivity contribution in [2.75, 3.05) is 65.6 Å². The first kappa shape index (κ1) is 13.2. The number of hydrogen-bond donors (Lipinski definition) is 2. The van der Waals surface area contributed by atoms with E-state index in [1.54, 1.807) is 0 Å². The molecule has 2 saturated heterocycles. The molecule has 1 atom stereocenters. The molecule has 0 aromatic rings. The topological polar surface area (TPSA) is 48.0 Å². The number of ether oxygens (including phenoxy) is 1. The van der Waals surface area contributed by atoms with Crippen LogP contribution in [0, 0.1) is 0 Å². The largest absolute Gasteiger partial charge is 0.395 e. The fourth-order valence-electron chi connectivity index (χ4n) is 2.60. The lowest BCUT2D eigenvalue weighted by atomic mass is 10.2. The average molecular weight is 243 g/mol. The Balaban J connectivity index is 1.62. The van der Waals surface area contributed by atoms with Crippen molar-refractivity contribution in [2.45, 2.75) is 12.5 Å². The average Bonchev–Trinajstić information content (AvgIpc) is 2.40. The molecule has 2 rings (SSSR count). The van der Waals surface area contributed by atoms with Crippen LogP contribution >= 0.6 is 0 Å². The molecule has 5 heteroatoms. The first-order valence-corrected chi connectivity index (χ1v) is 6.76. The van der Waals surface area contributed by atoms with Crippen LogP contribution in [0.15, 0.2) is 0 Å². The highest BCUT2D eigenvalue weighted by molar-refractivity contribution is 4.79. The normalized spacial score (nSPS) is 28.4. The van der Waals surface area contributed by atoms with Crippen LogP contribution in [0.25, 0.3) is 0 Å². The zero-order valence-corrected chi connectivity index (χ0v) is 10.6. The maximum atomic E-state index is 9.30. The van der Waals surface area contributed by atoms with E-state index in [-0.39, 0.29) is 6.61 Å². The number of aliphatic hydroxyl groups is 1. The second kappa shape index (κ2) is 7.28. The fourth-order valence-corrected chi connectivity index (χ4v) is 2.60. The second-order valence-electron chi connectivity index (χ2n) is 4.88. The maximum absolute atomic E-state index is 9.30. The van der Waals surface area contributed by atoms with E-state index in [1.807, 2.05) is 0 Å². The number of morpholine rings is 1. The van der Waals surface area contributed by atoms with E-state index in [9.17, 15) is 5.11 Å². The van der Waals surface area contributed by atoms with Gasteiger partial charge in [-0.2, -0.15) is 0 Å². The zero-order valence-electron chi connectivity index (χ0n) is 10.6. The Labute approximate surface area is 104 Å².